The number of hydrogen-bond donors (Lipinski definition) is 2. The molecule has 2 aliphatic rings. The van der Waals surface area contributed by atoms with Gasteiger partial charge in [-0.2, -0.15) is 0 Å². The summed E-state index contributed by atoms with van der Waals surface area (Å²) in [7, 11) is 0. The Balaban J connectivity index is 1.51. The summed E-state index contributed by atoms with van der Waals surface area (Å²) in [5.41, 5.74) is 0.549. The van der Waals surface area contributed by atoms with E-state index in [4.69, 9.17) is 0 Å². The van der Waals surface area contributed by atoms with Crippen LogP contribution in [0.15, 0.2) is 29.3 Å². The molecule has 6 nitrogen and oxygen atoms in total. The number of nitrogens with one attached hydrogen (secondary N) is 2. The number of aliphatic imine (C=N–C) groups is 1. The van der Waals surface area contributed by atoms with E-state index in [0.29, 0.717) is 44.0 Å². The summed E-state index contributed by atoms with van der Waals surface area (Å²) in [4.78, 5) is 18.6. The maximum atomic E-state index is 12.7. The monoisotopic (exact) mass is 440 g/mol. The number of carbonyl (C=O) groups excluding carboxylic acids is 1. The van der Waals surface area contributed by atoms with Gasteiger partial charge < -0.3 is 20.3 Å². The molecule has 2 N–H and O–H groups in total. The maximum absolute atomic E-state index is 12.7. The molecule has 2 fully saturated rings. The van der Waals surface area contributed by atoms with Gasteiger partial charge in [0.15, 0.2) is 5.96 Å². The van der Waals surface area contributed by atoms with Crippen molar-refractivity contribution in [2.75, 3.05) is 26.2 Å². The normalized spacial score (nSPS) is 22.1. The number of halogens is 3. The number of likely N-dealkylation sites (tertiary alicyclic amines) is 1. The van der Waals surface area contributed by atoms with E-state index in [9.17, 15) is 18.0 Å². The van der Waals surface area contributed by atoms with E-state index < -0.39 is 6.36 Å². The number of para-hydroxylation sites is 1. The van der Waals surface area contributed by atoms with Gasteiger partial charge in [-0.25, -0.2) is 0 Å². The molecule has 0 aromatic heterocycles. The van der Waals surface area contributed by atoms with Gasteiger partial charge in [0, 0.05) is 44.6 Å². The molecular weight excluding hydrogens is 409 g/mol. The van der Waals surface area contributed by atoms with Gasteiger partial charge in [0.1, 0.15) is 5.75 Å². The summed E-state index contributed by atoms with van der Waals surface area (Å²) in [6, 6.07) is 6.29. The SMILES string of the molecule is CCNC(=NCCCN1CCCCCC1=O)NC1CC1c1ccccc1OC(F)(F)F. The predicted octanol–water partition coefficient (Wildman–Crippen LogP) is 3.79. The van der Waals surface area contributed by atoms with Crippen LogP contribution in [0.5, 0.6) is 5.75 Å². The van der Waals surface area contributed by atoms with Crippen LogP contribution in [-0.2, 0) is 4.79 Å². The van der Waals surface area contributed by atoms with Crippen LogP contribution in [0.2, 0.25) is 0 Å². The van der Waals surface area contributed by atoms with Crippen LogP contribution in [0.1, 0.15) is 56.9 Å². The molecule has 3 rings (SSSR count). The van der Waals surface area contributed by atoms with Gasteiger partial charge in [-0.15, -0.1) is 13.2 Å². The minimum atomic E-state index is -4.71. The molecule has 0 radical (unpaired) electrons. The van der Waals surface area contributed by atoms with Crippen LogP contribution in [-0.4, -0.2) is 55.3 Å². The van der Waals surface area contributed by atoms with E-state index in [0.717, 1.165) is 32.2 Å². The zero-order valence-electron chi connectivity index (χ0n) is 17.9. The predicted molar refractivity (Wildman–Crippen MR) is 113 cm³/mol. The Morgan fingerprint density at radius 1 is 1.26 bits per heavy atom. The zero-order valence-corrected chi connectivity index (χ0v) is 17.9. The quantitative estimate of drug-likeness (QED) is 0.367. The molecule has 2 atom stereocenters. The lowest BCUT2D eigenvalue weighted by Gasteiger charge is -2.20. The Morgan fingerprint density at radius 3 is 2.84 bits per heavy atom. The molecule has 1 saturated carbocycles. The van der Waals surface area contributed by atoms with Gasteiger partial charge in [0.25, 0.3) is 0 Å². The number of nitrogens with zero attached hydrogens (tertiary/aromatic N) is 2. The van der Waals surface area contributed by atoms with Crippen molar-refractivity contribution in [1.29, 1.82) is 0 Å². The first kappa shape index (κ1) is 23.2. The molecule has 1 saturated heterocycles. The summed E-state index contributed by atoms with van der Waals surface area (Å²) in [6.07, 6.45) is 0.552. The van der Waals surface area contributed by atoms with E-state index in [1.165, 1.54) is 12.1 Å². The Hall–Kier alpha value is -2.45. The van der Waals surface area contributed by atoms with Gasteiger partial charge in [-0.1, -0.05) is 24.6 Å². The van der Waals surface area contributed by atoms with Crippen molar-refractivity contribution in [1.82, 2.24) is 15.5 Å². The van der Waals surface area contributed by atoms with Gasteiger partial charge >= 0.3 is 6.36 Å². The fourth-order valence-electron chi connectivity index (χ4n) is 3.93. The number of ether oxygens (including phenoxy) is 1. The third-order valence-corrected chi connectivity index (χ3v) is 5.53. The van der Waals surface area contributed by atoms with Crippen LogP contribution in [0.3, 0.4) is 0 Å². The van der Waals surface area contributed by atoms with E-state index >= 15 is 0 Å². The first-order valence-corrected chi connectivity index (χ1v) is 11.0. The van der Waals surface area contributed by atoms with Crippen LogP contribution >= 0.6 is 0 Å². The van der Waals surface area contributed by atoms with E-state index in [-0.39, 0.29) is 23.6 Å². The number of carbonyl (C=O) groups is 1. The number of benzene rings is 1. The number of guanidine groups is 1. The van der Waals surface area contributed by atoms with Gasteiger partial charge in [-0.3, -0.25) is 9.79 Å². The van der Waals surface area contributed by atoms with Crippen molar-refractivity contribution in [3.05, 3.63) is 29.8 Å². The third kappa shape index (κ3) is 7.33. The molecule has 172 valence electrons. The summed E-state index contributed by atoms with van der Waals surface area (Å²) in [5, 5.41) is 6.49. The number of hydrogen-bond acceptors (Lipinski definition) is 3. The lowest BCUT2D eigenvalue weighted by molar-refractivity contribution is -0.274. The molecule has 0 spiro atoms. The van der Waals surface area contributed by atoms with Gasteiger partial charge in [-0.05, 0) is 44.2 Å². The van der Waals surface area contributed by atoms with Crippen LogP contribution in [0.4, 0.5) is 13.2 Å². The van der Waals surface area contributed by atoms with Crippen LogP contribution in [0, 0.1) is 0 Å². The third-order valence-electron chi connectivity index (χ3n) is 5.53. The Bertz CT molecular complexity index is 769. The summed E-state index contributed by atoms with van der Waals surface area (Å²) in [6.45, 7) is 4.75. The molecule has 1 aliphatic heterocycles. The molecule has 31 heavy (non-hydrogen) atoms. The van der Waals surface area contributed by atoms with Crippen molar-refractivity contribution in [3.8, 4) is 5.75 Å². The topological polar surface area (TPSA) is 66.0 Å². The fourth-order valence-corrected chi connectivity index (χ4v) is 3.93. The minimum absolute atomic E-state index is 0.00275. The smallest absolute Gasteiger partial charge is 0.405 e. The van der Waals surface area contributed by atoms with E-state index in [2.05, 4.69) is 20.4 Å². The first-order chi connectivity index (χ1) is 14.9. The van der Waals surface area contributed by atoms with Crippen molar-refractivity contribution >= 4 is 11.9 Å². The number of amides is 1. The van der Waals surface area contributed by atoms with Crippen LogP contribution in [0.25, 0.3) is 0 Å². The molecule has 1 aromatic rings. The second-order valence-corrected chi connectivity index (χ2v) is 7.98. The highest BCUT2D eigenvalue weighted by Gasteiger charge is 2.42. The van der Waals surface area contributed by atoms with E-state index in [1.807, 2.05) is 11.8 Å². The van der Waals surface area contributed by atoms with Crippen molar-refractivity contribution in [3.63, 3.8) is 0 Å². The standard InChI is InChI=1S/C22H31F3N4O2/c1-2-26-21(27-12-8-14-29-13-7-3-4-11-20(29)30)28-18-15-17(18)16-9-5-6-10-19(16)31-22(23,24)25/h5-6,9-10,17-18H,2-4,7-8,11-15H2,1H3,(H2,26,27,28). The van der Waals surface area contributed by atoms with Crippen molar-refractivity contribution < 1.29 is 22.7 Å². The highest BCUT2D eigenvalue weighted by molar-refractivity contribution is 5.80. The average molecular weight is 441 g/mol. The molecular formula is C22H31F3N4O2. The molecule has 1 aromatic carbocycles. The molecule has 9 heteroatoms. The second kappa shape index (κ2) is 10.7. The summed E-state index contributed by atoms with van der Waals surface area (Å²) in [5.74, 6) is 0.670. The first-order valence-electron chi connectivity index (χ1n) is 11.0. The number of rotatable bonds is 8. The largest absolute Gasteiger partial charge is 0.573 e. The molecule has 1 heterocycles. The molecule has 0 bridgehead atoms. The Morgan fingerprint density at radius 2 is 2.06 bits per heavy atom. The van der Waals surface area contributed by atoms with Crippen LogP contribution < -0.4 is 15.4 Å². The zero-order chi connectivity index (χ0) is 22.3. The van der Waals surface area contributed by atoms with Crippen molar-refractivity contribution in [2.24, 2.45) is 4.99 Å². The highest BCUT2D eigenvalue weighted by Crippen LogP contribution is 2.45. The fraction of sp³-hybridized carbons (Fsp3) is 0.636. The Kier molecular flexibility index (Phi) is 8.03. The molecule has 2 unspecified atom stereocenters. The minimum Gasteiger partial charge on any atom is -0.405 e. The lowest BCUT2D eigenvalue weighted by Crippen LogP contribution is -2.39. The molecule has 1 amide bonds. The van der Waals surface area contributed by atoms with Crippen molar-refractivity contribution in [2.45, 2.75) is 63.8 Å². The average Bonchev–Trinajstić information content (AvgIpc) is 3.49. The van der Waals surface area contributed by atoms with E-state index in [1.54, 1.807) is 12.1 Å². The van der Waals surface area contributed by atoms with Gasteiger partial charge in [0.05, 0.1) is 0 Å². The second-order valence-electron chi connectivity index (χ2n) is 7.98. The summed E-state index contributed by atoms with van der Waals surface area (Å²) < 4.78 is 42.2. The highest BCUT2D eigenvalue weighted by atomic mass is 19.4. The maximum Gasteiger partial charge on any atom is 0.573 e. The number of alkyl halides is 3. The molecule has 1 aliphatic carbocycles. The lowest BCUT2D eigenvalue weighted by atomic mass is 10.1. The summed E-state index contributed by atoms with van der Waals surface area (Å²) >= 11 is 0. The Labute approximate surface area is 181 Å². The van der Waals surface area contributed by atoms with Gasteiger partial charge in [0.2, 0.25) is 5.91 Å².